The number of hydrogen-bond acceptors (Lipinski definition) is 3. The van der Waals surface area contributed by atoms with Gasteiger partial charge in [-0.2, -0.15) is 0 Å². The van der Waals surface area contributed by atoms with Crippen molar-refractivity contribution >= 4 is 27.5 Å². The number of nitrogens with zero attached hydrogens (tertiary/aromatic N) is 1. The maximum Gasteiger partial charge on any atom is 0.0781 e. The molecule has 0 saturated carbocycles. The lowest BCUT2D eigenvalue weighted by atomic mass is 10.2. The SMILES string of the molecule is COC[C@H](N)c1ncc(Br)cc1Cl. The van der Waals surface area contributed by atoms with E-state index in [-0.39, 0.29) is 6.04 Å². The van der Waals surface area contributed by atoms with Gasteiger partial charge in [0.15, 0.2) is 0 Å². The quantitative estimate of drug-likeness (QED) is 0.911. The van der Waals surface area contributed by atoms with Crippen LogP contribution in [0.3, 0.4) is 0 Å². The van der Waals surface area contributed by atoms with Gasteiger partial charge in [-0.25, -0.2) is 0 Å². The van der Waals surface area contributed by atoms with Crippen LogP contribution in [0.4, 0.5) is 0 Å². The fraction of sp³-hybridized carbons (Fsp3) is 0.375. The molecule has 3 nitrogen and oxygen atoms in total. The smallest absolute Gasteiger partial charge is 0.0781 e. The lowest BCUT2D eigenvalue weighted by Crippen LogP contribution is -2.17. The molecule has 0 amide bonds. The Labute approximate surface area is 90.4 Å². The Bertz CT molecular complexity index is 295. The topological polar surface area (TPSA) is 48.1 Å². The van der Waals surface area contributed by atoms with Crippen molar-refractivity contribution in [1.82, 2.24) is 4.98 Å². The minimum absolute atomic E-state index is 0.273. The number of ether oxygens (including phenoxy) is 1. The number of aromatic nitrogens is 1. The fourth-order valence-electron chi connectivity index (χ4n) is 0.956. The minimum atomic E-state index is -0.273. The maximum atomic E-state index is 5.93. The van der Waals surface area contributed by atoms with Gasteiger partial charge in [0.2, 0.25) is 0 Å². The fourth-order valence-corrected chi connectivity index (χ4v) is 1.73. The molecule has 72 valence electrons. The average molecular weight is 266 g/mol. The molecule has 0 aliphatic rings. The Morgan fingerprint density at radius 1 is 1.77 bits per heavy atom. The number of pyridine rings is 1. The minimum Gasteiger partial charge on any atom is -0.383 e. The van der Waals surface area contributed by atoms with E-state index in [4.69, 9.17) is 22.1 Å². The number of hydrogen-bond donors (Lipinski definition) is 1. The highest BCUT2D eigenvalue weighted by Gasteiger charge is 2.11. The van der Waals surface area contributed by atoms with Crippen LogP contribution in [0.25, 0.3) is 0 Å². The summed E-state index contributed by atoms with van der Waals surface area (Å²) in [5.41, 5.74) is 6.43. The van der Waals surface area contributed by atoms with Crippen LogP contribution in [0.1, 0.15) is 11.7 Å². The van der Waals surface area contributed by atoms with Crippen LogP contribution in [0.2, 0.25) is 5.02 Å². The van der Waals surface area contributed by atoms with Gasteiger partial charge in [0, 0.05) is 17.8 Å². The lowest BCUT2D eigenvalue weighted by Gasteiger charge is -2.11. The highest BCUT2D eigenvalue weighted by molar-refractivity contribution is 9.10. The molecule has 13 heavy (non-hydrogen) atoms. The molecule has 0 radical (unpaired) electrons. The molecule has 1 rings (SSSR count). The van der Waals surface area contributed by atoms with Crippen molar-refractivity contribution < 1.29 is 4.74 Å². The Hall–Kier alpha value is -0.160. The van der Waals surface area contributed by atoms with E-state index < -0.39 is 0 Å². The van der Waals surface area contributed by atoms with Gasteiger partial charge in [0.05, 0.1) is 23.4 Å². The molecule has 0 spiro atoms. The van der Waals surface area contributed by atoms with Gasteiger partial charge in [-0.05, 0) is 22.0 Å². The van der Waals surface area contributed by atoms with Crippen LogP contribution in [-0.4, -0.2) is 18.7 Å². The normalized spacial score (nSPS) is 12.9. The molecule has 0 unspecified atom stereocenters. The number of rotatable bonds is 3. The Morgan fingerprint density at radius 3 is 3.00 bits per heavy atom. The molecule has 2 N–H and O–H groups in total. The first-order valence-electron chi connectivity index (χ1n) is 3.70. The zero-order chi connectivity index (χ0) is 9.84. The Kier molecular flexibility index (Phi) is 4.12. The second-order valence-corrected chi connectivity index (χ2v) is 3.91. The summed E-state index contributed by atoms with van der Waals surface area (Å²) >= 11 is 9.20. The molecule has 1 aromatic heterocycles. The summed E-state index contributed by atoms with van der Waals surface area (Å²) in [4.78, 5) is 4.11. The Morgan fingerprint density at radius 2 is 2.46 bits per heavy atom. The second-order valence-electron chi connectivity index (χ2n) is 2.58. The predicted octanol–water partition coefficient (Wildman–Crippen LogP) is 2.14. The summed E-state index contributed by atoms with van der Waals surface area (Å²) in [5, 5.41) is 0.555. The highest BCUT2D eigenvalue weighted by Crippen LogP contribution is 2.22. The van der Waals surface area contributed by atoms with E-state index in [0.717, 1.165) is 4.47 Å². The van der Waals surface area contributed by atoms with Gasteiger partial charge in [0.1, 0.15) is 0 Å². The largest absolute Gasteiger partial charge is 0.383 e. The maximum absolute atomic E-state index is 5.93. The zero-order valence-corrected chi connectivity index (χ0v) is 9.47. The van der Waals surface area contributed by atoms with E-state index in [0.29, 0.717) is 17.3 Å². The summed E-state index contributed by atoms with van der Waals surface area (Å²) in [7, 11) is 1.59. The van der Waals surface area contributed by atoms with E-state index >= 15 is 0 Å². The van der Waals surface area contributed by atoms with Crippen LogP contribution in [0.5, 0.6) is 0 Å². The van der Waals surface area contributed by atoms with Crippen molar-refractivity contribution in [2.45, 2.75) is 6.04 Å². The zero-order valence-electron chi connectivity index (χ0n) is 7.13. The molecule has 1 heterocycles. The van der Waals surface area contributed by atoms with Gasteiger partial charge in [-0.1, -0.05) is 11.6 Å². The van der Waals surface area contributed by atoms with Crippen LogP contribution in [0, 0.1) is 0 Å². The molecule has 0 fully saturated rings. The summed E-state index contributed by atoms with van der Waals surface area (Å²) in [6.07, 6.45) is 1.66. The molecule has 1 aromatic rings. The third-order valence-electron chi connectivity index (χ3n) is 1.53. The van der Waals surface area contributed by atoms with Gasteiger partial charge < -0.3 is 10.5 Å². The van der Waals surface area contributed by atoms with E-state index in [1.54, 1.807) is 19.4 Å². The molecular weight excluding hydrogens is 255 g/mol. The molecular formula is C8H10BrClN2O. The van der Waals surface area contributed by atoms with Crippen molar-refractivity contribution in [2.75, 3.05) is 13.7 Å². The summed E-state index contributed by atoms with van der Waals surface area (Å²) in [6.45, 7) is 0.411. The third kappa shape index (κ3) is 2.91. The number of nitrogens with two attached hydrogens (primary N) is 1. The summed E-state index contributed by atoms with van der Waals surface area (Å²) < 4.78 is 5.75. The van der Waals surface area contributed by atoms with Gasteiger partial charge >= 0.3 is 0 Å². The summed E-state index contributed by atoms with van der Waals surface area (Å²) in [5.74, 6) is 0. The highest BCUT2D eigenvalue weighted by atomic mass is 79.9. The number of halogens is 2. The first-order chi connectivity index (χ1) is 6.15. The van der Waals surface area contributed by atoms with Crippen LogP contribution in [-0.2, 0) is 4.74 Å². The monoisotopic (exact) mass is 264 g/mol. The first kappa shape index (κ1) is 10.9. The molecule has 5 heteroatoms. The third-order valence-corrected chi connectivity index (χ3v) is 2.27. The molecule has 0 saturated heterocycles. The first-order valence-corrected chi connectivity index (χ1v) is 4.87. The van der Waals surface area contributed by atoms with Crippen LogP contribution < -0.4 is 5.73 Å². The van der Waals surface area contributed by atoms with E-state index in [1.165, 1.54) is 0 Å². The summed E-state index contributed by atoms with van der Waals surface area (Å²) in [6, 6.07) is 1.49. The molecule has 0 bridgehead atoms. The van der Waals surface area contributed by atoms with Crippen molar-refractivity contribution in [3.05, 3.63) is 27.5 Å². The van der Waals surface area contributed by atoms with E-state index in [1.807, 2.05) is 0 Å². The van der Waals surface area contributed by atoms with Crippen molar-refractivity contribution in [3.8, 4) is 0 Å². The molecule has 1 atom stereocenters. The van der Waals surface area contributed by atoms with E-state index in [9.17, 15) is 0 Å². The second kappa shape index (κ2) is 4.91. The molecule has 0 aromatic carbocycles. The molecule has 0 aliphatic heterocycles. The van der Waals surface area contributed by atoms with Crippen LogP contribution in [0.15, 0.2) is 16.7 Å². The number of methoxy groups -OCH3 is 1. The standard InChI is InChI=1S/C8H10BrClN2O/c1-13-4-7(11)8-6(10)2-5(9)3-12-8/h2-3,7H,4,11H2,1H3/t7-/m0/s1. The lowest BCUT2D eigenvalue weighted by molar-refractivity contribution is 0.179. The average Bonchev–Trinajstić information content (AvgIpc) is 2.04. The van der Waals surface area contributed by atoms with E-state index in [2.05, 4.69) is 20.9 Å². The predicted molar refractivity (Wildman–Crippen MR) is 55.8 cm³/mol. The van der Waals surface area contributed by atoms with Gasteiger partial charge in [-0.15, -0.1) is 0 Å². The van der Waals surface area contributed by atoms with Crippen LogP contribution >= 0.6 is 27.5 Å². The Balaban J connectivity index is 2.88. The molecule has 0 aliphatic carbocycles. The van der Waals surface area contributed by atoms with Crippen molar-refractivity contribution in [3.63, 3.8) is 0 Å². The van der Waals surface area contributed by atoms with Gasteiger partial charge in [0.25, 0.3) is 0 Å². The van der Waals surface area contributed by atoms with Crippen molar-refractivity contribution in [2.24, 2.45) is 5.73 Å². The van der Waals surface area contributed by atoms with Gasteiger partial charge in [-0.3, -0.25) is 4.98 Å². The van der Waals surface area contributed by atoms with Crippen molar-refractivity contribution in [1.29, 1.82) is 0 Å².